The molecule has 0 amide bonds. The molecule has 0 saturated carbocycles. The van der Waals surface area contributed by atoms with Gasteiger partial charge in [0.25, 0.3) is 0 Å². The van der Waals surface area contributed by atoms with E-state index in [2.05, 4.69) is 32.7 Å². The van der Waals surface area contributed by atoms with E-state index in [9.17, 15) is 0 Å². The van der Waals surface area contributed by atoms with E-state index in [1.165, 1.54) is 4.88 Å². The average Bonchev–Trinajstić information content (AvgIpc) is 3.27. The monoisotopic (exact) mass is 527 g/mol. The summed E-state index contributed by atoms with van der Waals surface area (Å²) in [4.78, 5) is 10.3. The summed E-state index contributed by atoms with van der Waals surface area (Å²) in [5.74, 6) is 3.26. The van der Waals surface area contributed by atoms with Gasteiger partial charge in [-0.1, -0.05) is 12.1 Å². The Morgan fingerprint density at radius 1 is 1.14 bits per heavy atom. The van der Waals surface area contributed by atoms with Gasteiger partial charge in [-0.3, -0.25) is 0 Å². The summed E-state index contributed by atoms with van der Waals surface area (Å²) in [5.41, 5.74) is 1.10. The van der Waals surface area contributed by atoms with Crippen molar-refractivity contribution < 1.29 is 4.74 Å². The smallest absolute Gasteiger partial charge is 0.192 e. The molecular weight excluding hydrogens is 501 g/mol. The highest BCUT2D eigenvalue weighted by molar-refractivity contribution is 14.0. The van der Waals surface area contributed by atoms with Crippen LogP contribution in [-0.4, -0.2) is 32.8 Å². The Hall–Kier alpha value is -2.21. The van der Waals surface area contributed by atoms with E-state index < -0.39 is 0 Å². The molecule has 2 heterocycles. The van der Waals surface area contributed by atoms with E-state index >= 15 is 0 Å². The van der Waals surface area contributed by atoms with Gasteiger partial charge in [0.05, 0.1) is 26.7 Å². The van der Waals surface area contributed by atoms with Crippen molar-refractivity contribution in [3.8, 4) is 5.75 Å². The number of hydrogen-bond donors (Lipinski definition) is 2. The topological polar surface area (TPSA) is 89.2 Å². The van der Waals surface area contributed by atoms with E-state index in [1.807, 2.05) is 49.0 Å². The SMILES string of the molecule is COc1ccc(CN=C(NCc2ncc(C)s2)NCc2nnc(C)n2C)cc1.I. The summed E-state index contributed by atoms with van der Waals surface area (Å²) < 4.78 is 7.16. The van der Waals surface area contributed by atoms with Crippen LogP contribution >= 0.6 is 35.3 Å². The summed E-state index contributed by atoms with van der Waals surface area (Å²) in [6, 6.07) is 7.89. The van der Waals surface area contributed by atoms with Gasteiger partial charge in [0.15, 0.2) is 11.8 Å². The number of hydrogen-bond acceptors (Lipinski definition) is 6. The molecule has 0 saturated heterocycles. The number of nitrogens with one attached hydrogen (secondary N) is 2. The Balaban J connectivity index is 0.00000300. The number of aliphatic imine (C=N–C) groups is 1. The van der Waals surface area contributed by atoms with Gasteiger partial charge >= 0.3 is 0 Å². The third-order valence-electron chi connectivity index (χ3n) is 4.25. The van der Waals surface area contributed by atoms with Gasteiger partial charge in [0.2, 0.25) is 0 Å². The second-order valence-electron chi connectivity index (χ2n) is 6.31. The molecule has 2 N–H and O–H groups in total. The van der Waals surface area contributed by atoms with E-state index in [4.69, 9.17) is 9.73 Å². The highest BCUT2D eigenvalue weighted by Gasteiger charge is 2.07. The standard InChI is InChI=1S/C19H25N7OS.HI/c1-13-9-20-18(28-13)12-23-19(22-11-17-25-24-14(2)26(17)3)21-10-15-5-7-16(27-4)8-6-15;/h5-9H,10-12H2,1-4H3,(H2,21,22,23);1H. The van der Waals surface area contributed by atoms with Gasteiger partial charge in [-0.15, -0.1) is 45.5 Å². The maximum atomic E-state index is 5.20. The van der Waals surface area contributed by atoms with Gasteiger partial charge in [0.1, 0.15) is 16.6 Å². The first-order valence-electron chi connectivity index (χ1n) is 8.96. The molecule has 10 heteroatoms. The molecule has 0 fully saturated rings. The van der Waals surface area contributed by atoms with E-state index in [0.717, 1.165) is 28.0 Å². The Morgan fingerprint density at radius 2 is 1.86 bits per heavy atom. The van der Waals surface area contributed by atoms with Crippen LogP contribution in [0.3, 0.4) is 0 Å². The third kappa shape index (κ3) is 6.67. The number of benzene rings is 1. The molecule has 1 aromatic carbocycles. The lowest BCUT2D eigenvalue weighted by Crippen LogP contribution is -2.37. The number of guanidine groups is 1. The second kappa shape index (κ2) is 11.1. The number of aromatic nitrogens is 4. The van der Waals surface area contributed by atoms with Crippen LogP contribution in [0, 0.1) is 13.8 Å². The number of halogens is 1. The zero-order valence-corrected chi connectivity index (χ0v) is 20.1. The number of ether oxygens (including phenoxy) is 1. The lowest BCUT2D eigenvalue weighted by Gasteiger charge is -2.12. The molecule has 156 valence electrons. The molecule has 0 bridgehead atoms. The molecule has 0 aliphatic heterocycles. The fourth-order valence-corrected chi connectivity index (χ4v) is 3.21. The van der Waals surface area contributed by atoms with Crippen molar-refractivity contribution in [2.75, 3.05) is 7.11 Å². The van der Waals surface area contributed by atoms with Crippen LogP contribution in [0.5, 0.6) is 5.75 Å². The minimum atomic E-state index is 0. The average molecular weight is 527 g/mol. The first-order chi connectivity index (χ1) is 13.5. The van der Waals surface area contributed by atoms with Gasteiger partial charge < -0.3 is 19.9 Å². The number of nitrogens with zero attached hydrogens (tertiary/aromatic N) is 5. The summed E-state index contributed by atoms with van der Waals surface area (Å²) in [6.45, 7) is 5.67. The lowest BCUT2D eigenvalue weighted by atomic mass is 10.2. The van der Waals surface area contributed by atoms with Crippen LogP contribution in [-0.2, 0) is 26.7 Å². The first kappa shape index (κ1) is 23.1. The number of rotatable bonds is 7. The third-order valence-corrected chi connectivity index (χ3v) is 5.16. The van der Waals surface area contributed by atoms with Gasteiger partial charge in [-0.2, -0.15) is 0 Å². The van der Waals surface area contributed by atoms with Crippen LogP contribution in [0.1, 0.15) is 27.1 Å². The molecule has 0 unspecified atom stereocenters. The summed E-state index contributed by atoms with van der Waals surface area (Å²) in [6.07, 6.45) is 1.88. The summed E-state index contributed by atoms with van der Waals surface area (Å²) in [5, 5.41) is 16.0. The molecule has 8 nitrogen and oxygen atoms in total. The van der Waals surface area contributed by atoms with Crippen molar-refractivity contribution in [1.29, 1.82) is 0 Å². The van der Waals surface area contributed by atoms with Crippen molar-refractivity contribution in [2.24, 2.45) is 12.0 Å². The molecule has 0 spiro atoms. The minimum absolute atomic E-state index is 0. The van der Waals surface area contributed by atoms with Crippen molar-refractivity contribution in [1.82, 2.24) is 30.4 Å². The van der Waals surface area contributed by atoms with Crippen molar-refractivity contribution in [3.05, 3.63) is 57.6 Å². The fourth-order valence-electron chi connectivity index (χ4n) is 2.49. The van der Waals surface area contributed by atoms with E-state index in [0.29, 0.717) is 25.6 Å². The van der Waals surface area contributed by atoms with Gasteiger partial charge in [-0.25, -0.2) is 9.98 Å². The maximum absolute atomic E-state index is 5.20. The highest BCUT2D eigenvalue weighted by Crippen LogP contribution is 2.12. The van der Waals surface area contributed by atoms with E-state index in [-0.39, 0.29) is 24.0 Å². The fraction of sp³-hybridized carbons (Fsp3) is 0.368. The van der Waals surface area contributed by atoms with Crippen LogP contribution in [0.2, 0.25) is 0 Å². The van der Waals surface area contributed by atoms with Crippen molar-refractivity contribution >= 4 is 41.3 Å². The molecular formula is C19H26IN7OS. The van der Waals surface area contributed by atoms with Crippen LogP contribution < -0.4 is 15.4 Å². The largest absolute Gasteiger partial charge is 0.497 e. The second-order valence-corrected chi connectivity index (χ2v) is 7.63. The Morgan fingerprint density at radius 3 is 2.45 bits per heavy atom. The molecule has 3 rings (SSSR count). The number of thiazole rings is 1. The van der Waals surface area contributed by atoms with Gasteiger partial charge in [0, 0.05) is 18.1 Å². The van der Waals surface area contributed by atoms with Crippen LogP contribution in [0.15, 0.2) is 35.5 Å². The van der Waals surface area contributed by atoms with Gasteiger partial charge in [-0.05, 0) is 31.5 Å². The Labute approximate surface area is 191 Å². The highest BCUT2D eigenvalue weighted by atomic mass is 127. The van der Waals surface area contributed by atoms with E-state index in [1.54, 1.807) is 18.4 Å². The molecule has 2 aromatic heterocycles. The summed E-state index contributed by atoms with van der Waals surface area (Å²) in [7, 11) is 3.61. The zero-order chi connectivity index (χ0) is 19.9. The quantitative estimate of drug-likeness (QED) is 0.279. The molecule has 0 aliphatic carbocycles. The zero-order valence-electron chi connectivity index (χ0n) is 17.0. The van der Waals surface area contributed by atoms with Crippen molar-refractivity contribution in [2.45, 2.75) is 33.5 Å². The maximum Gasteiger partial charge on any atom is 0.192 e. The number of aryl methyl sites for hydroxylation is 2. The van der Waals surface area contributed by atoms with Crippen LogP contribution in [0.4, 0.5) is 0 Å². The lowest BCUT2D eigenvalue weighted by molar-refractivity contribution is 0.414. The minimum Gasteiger partial charge on any atom is -0.497 e. The van der Waals surface area contributed by atoms with Crippen molar-refractivity contribution in [3.63, 3.8) is 0 Å². The normalized spacial score (nSPS) is 11.1. The Bertz CT molecular complexity index is 936. The number of methoxy groups -OCH3 is 1. The Kier molecular flexibility index (Phi) is 8.83. The summed E-state index contributed by atoms with van der Waals surface area (Å²) >= 11 is 1.67. The molecule has 3 aromatic rings. The molecule has 0 radical (unpaired) electrons. The predicted octanol–water partition coefficient (Wildman–Crippen LogP) is 2.95. The molecule has 0 atom stereocenters. The van der Waals surface area contributed by atoms with Crippen LogP contribution in [0.25, 0.3) is 0 Å². The molecule has 0 aliphatic rings. The predicted molar refractivity (Wildman–Crippen MR) is 126 cm³/mol. The molecule has 29 heavy (non-hydrogen) atoms. The first-order valence-corrected chi connectivity index (χ1v) is 9.78.